The second kappa shape index (κ2) is 6.95. The molecule has 3 aromatic rings. The number of ether oxygens (including phenoxy) is 1. The minimum absolute atomic E-state index is 0.0120. The zero-order valence-corrected chi connectivity index (χ0v) is 16.2. The van der Waals surface area contributed by atoms with Crippen LogP contribution in [-0.2, 0) is 6.54 Å². The number of nitrogens with zero attached hydrogens (tertiary/aromatic N) is 2. The van der Waals surface area contributed by atoms with Crippen molar-refractivity contribution in [3.63, 3.8) is 0 Å². The summed E-state index contributed by atoms with van der Waals surface area (Å²) >= 11 is 0. The van der Waals surface area contributed by atoms with Gasteiger partial charge < -0.3 is 18.6 Å². The molecule has 0 radical (unpaired) electrons. The molecule has 29 heavy (non-hydrogen) atoms. The van der Waals surface area contributed by atoms with E-state index in [1.165, 1.54) is 0 Å². The van der Waals surface area contributed by atoms with E-state index in [-0.39, 0.29) is 23.3 Å². The van der Waals surface area contributed by atoms with E-state index in [2.05, 4.69) is 0 Å². The van der Waals surface area contributed by atoms with Crippen LogP contribution < -0.4 is 10.3 Å². The summed E-state index contributed by atoms with van der Waals surface area (Å²) in [6.45, 7) is 1.92. The Morgan fingerprint density at radius 3 is 2.62 bits per heavy atom. The number of pyridine rings is 1. The number of likely N-dealkylation sites (tertiary alicyclic amines) is 1. The van der Waals surface area contributed by atoms with Crippen molar-refractivity contribution in [2.24, 2.45) is 5.92 Å². The van der Waals surface area contributed by atoms with Gasteiger partial charge in [-0.05, 0) is 60.9 Å². The zero-order chi connectivity index (χ0) is 20.0. The SMILES string of the molecule is COc1ccc(C(=O)N2CC3CC(C2)c2ccc(-c4ccco4)c(=O)n2C3)cc1. The van der Waals surface area contributed by atoms with E-state index in [1.54, 1.807) is 31.6 Å². The number of hydrogen-bond donors (Lipinski definition) is 0. The van der Waals surface area contributed by atoms with Gasteiger partial charge in [0.1, 0.15) is 11.5 Å². The van der Waals surface area contributed by atoms with Gasteiger partial charge in [-0.2, -0.15) is 0 Å². The van der Waals surface area contributed by atoms with Crippen molar-refractivity contribution < 1.29 is 13.9 Å². The first-order chi connectivity index (χ1) is 14.1. The highest BCUT2D eigenvalue weighted by Gasteiger charge is 2.37. The molecule has 6 nitrogen and oxygen atoms in total. The van der Waals surface area contributed by atoms with Crippen LogP contribution in [0.15, 0.2) is 64.0 Å². The van der Waals surface area contributed by atoms with Crippen LogP contribution in [0.1, 0.15) is 28.4 Å². The highest BCUT2D eigenvalue weighted by atomic mass is 16.5. The molecule has 2 aliphatic heterocycles. The van der Waals surface area contributed by atoms with Gasteiger partial charge in [0.05, 0.1) is 18.9 Å². The van der Waals surface area contributed by atoms with E-state index >= 15 is 0 Å². The van der Waals surface area contributed by atoms with Crippen molar-refractivity contribution in [3.8, 4) is 17.1 Å². The predicted molar refractivity (Wildman–Crippen MR) is 108 cm³/mol. The van der Waals surface area contributed by atoms with Crippen LogP contribution in [-0.4, -0.2) is 35.6 Å². The highest BCUT2D eigenvalue weighted by Crippen LogP contribution is 2.36. The van der Waals surface area contributed by atoms with E-state index < -0.39 is 0 Å². The molecule has 1 saturated heterocycles. The summed E-state index contributed by atoms with van der Waals surface area (Å²) < 4.78 is 12.5. The number of rotatable bonds is 3. The fourth-order valence-electron chi connectivity index (χ4n) is 4.65. The maximum Gasteiger partial charge on any atom is 0.261 e. The fourth-order valence-corrected chi connectivity index (χ4v) is 4.65. The number of hydrogen-bond acceptors (Lipinski definition) is 4. The first-order valence-corrected chi connectivity index (χ1v) is 9.85. The van der Waals surface area contributed by atoms with Gasteiger partial charge in [0.25, 0.3) is 11.5 Å². The number of benzene rings is 1. The highest BCUT2D eigenvalue weighted by molar-refractivity contribution is 5.94. The zero-order valence-electron chi connectivity index (χ0n) is 16.2. The molecule has 0 N–H and O–H groups in total. The van der Waals surface area contributed by atoms with Crippen LogP contribution >= 0.6 is 0 Å². The Hall–Kier alpha value is -3.28. The van der Waals surface area contributed by atoms with Crippen LogP contribution in [0, 0.1) is 5.92 Å². The lowest BCUT2D eigenvalue weighted by atomic mass is 9.82. The fraction of sp³-hybridized carbons (Fsp3) is 0.304. The third-order valence-corrected chi connectivity index (χ3v) is 6.02. The Labute approximate surface area is 168 Å². The molecule has 2 aromatic heterocycles. The molecule has 0 saturated carbocycles. The minimum atomic E-state index is -0.0120. The van der Waals surface area contributed by atoms with Crippen LogP contribution in [0.2, 0.25) is 0 Å². The van der Waals surface area contributed by atoms with Gasteiger partial charge >= 0.3 is 0 Å². The van der Waals surface area contributed by atoms with E-state index in [0.29, 0.717) is 36.5 Å². The Morgan fingerprint density at radius 1 is 1.07 bits per heavy atom. The molecule has 2 atom stereocenters. The lowest BCUT2D eigenvalue weighted by molar-refractivity contribution is 0.0594. The Bertz CT molecular complexity index is 1100. The summed E-state index contributed by atoms with van der Waals surface area (Å²) in [6.07, 6.45) is 2.59. The number of carbonyl (C=O) groups excluding carboxylic acids is 1. The van der Waals surface area contributed by atoms with Crippen LogP contribution in [0.5, 0.6) is 5.75 Å². The standard InChI is InChI=1S/C23H22N2O4/c1-28-18-6-4-16(5-7-18)22(26)24-12-15-11-17(14-24)20-9-8-19(21-3-2-10-29-21)23(27)25(20)13-15/h2-10,15,17H,11-14H2,1H3. The van der Waals surface area contributed by atoms with Gasteiger partial charge in [0.15, 0.2) is 0 Å². The molecule has 2 aliphatic rings. The monoisotopic (exact) mass is 390 g/mol. The van der Waals surface area contributed by atoms with Crippen LogP contribution in [0.3, 0.4) is 0 Å². The summed E-state index contributed by atoms with van der Waals surface area (Å²) in [6, 6.07) is 14.7. The summed E-state index contributed by atoms with van der Waals surface area (Å²) in [5.74, 6) is 1.80. The second-order valence-electron chi connectivity index (χ2n) is 7.80. The molecular formula is C23H22N2O4. The maximum absolute atomic E-state index is 13.1. The quantitative estimate of drug-likeness (QED) is 0.688. The van der Waals surface area contributed by atoms with E-state index in [0.717, 1.165) is 17.9 Å². The molecule has 2 unspecified atom stereocenters. The van der Waals surface area contributed by atoms with Gasteiger partial charge in [0.2, 0.25) is 0 Å². The molecule has 1 amide bonds. The normalized spacial score (nSPS) is 20.2. The lowest BCUT2D eigenvalue weighted by Gasteiger charge is -2.43. The van der Waals surface area contributed by atoms with Crippen molar-refractivity contribution in [2.75, 3.05) is 20.2 Å². The number of furan rings is 1. The van der Waals surface area contributed by atoms with Gasteiger partial charge in [-0.25, -0.2) is 0 Å². The molecule has 4 heterocycles. The lowest BCUT2D eigenvalue weighted by Crippen LogP contribution is -2.49. The minimum Gasteiger partial charge on any atom is -0.497 e. The molecule has 1 aromatic carbocycles. The molecule has 6 heteroatoms. The molecule has 148 valence electrons. The van der Waals surface area contributed by atoms with Gasteiger partial charge in [-0.1, -0.05) is 0 Å². The first-order valence-electron chi connectivity index (χ1n) is 9.85. The number of methoxy groups -OCH3 is 1. The smallest absolute Gasteiger partial charge is 0.261 e. The number of fused-ring (bicyclic) bond motifs is 4. The third kappa shape index (κ3) is 3.05. The largest absolute Gasteiger partial charge is 0.497 e. The number of amides is 1. The Kier molecular flexibility index (Phi) is 4.27. The molecule has 1 fully saturated rings. The number of aromatic nitrogens is 1. The maximum atomic E-state index is 13.1. The van der Waals surface area contributed by atoms with Crippen LogP contribution in [0.4, 0.5) is 0 Å². The van der Waals surface area contributed by atoms with Crippen molar-refractivity contribution in [3.05, 3.63) is 76.4 Å². The summed E-state index contributed by atoms with van der Waals surface area (Å²) in [4.78, 5) is 28.0. The van der Waals surface area contributed by atoms with E-state index in [4.69, 9.17) is 9.15 Å². The Morgan fingerprint density at radius 2 is 1.90 bits per heavy atom. The van der Waals surface area contributed by atoms with Gasteiger partial charge in [-0.15, -0.1) is 0 Å². The second-order valence-corrected chi connectivity index (χ2v) is 7.80. The van der Waals surface area contributed by atoms with Crippen molar-refractivity contribution >= 4 is 5.91 Å². The van der Waals surface area contributed by atoms with Crippen molar-refractivity contribution in [2.45, 2.75) is 18.9 Å². The summed E-state index contributed by atoms with van der Waals surface area (Å²) in [7, 11) is 1.61. The predicted octanol–water partition coefficient (Wildman–Crippen LogP) is 3.38. The van der Waals surface area contributed by atoms with E-state index in [1.807, 2.05) is 39.8 Å². The molecular weight excluding hydrogens is 368 g/mol. The van der Waals surface area contributed by atoms with Crippen LogP contribution in [0.25, 0.3) is 11.3 Å². The molecule has 0 spiro atoms. The van der Waals surface area contributed by atoms with Crippen molar-refractivity contribution in [1.29, 1.82) is 0 Å². The topological polar surface area (TPSA) is 64.7 Å². The number of piperidine rings is 1. The average Bonchev–Trinajstić information content (AvgIpc) is 3.28. The average molecular weight is 390 g/mol. The summed E-state index contributed by atoms with van der Waals surface area (Å²) in [5, 5.41) is 0. The van der Waals surface area contributed by atoms with Crippen molar-refractivity contribution in [1.82, 2.24) is 9.47 Å². The number of carbonyl (C=O) groups is 1. The van der Waals surface area contributed by atoms with Gasteiger partial charge in [-0.3, -0.25) is 9.59 Å². The molecule has 5 rings (SSSR count). The Balaban J connectivity index is 1.43. The third-order valence-electron chi connectivity index (χ3n) is 6.02. The molecule has 0 aliphatic carbocycles. The summed E-state index contributed by atoms with van der Waals surface area (Å²) in [5.41, 5.74) is 2.25. The molecule has 2 bridgehead atoms. The first kappa shape index (κ1) is 17.8. The van der Waals surface area contributed by atoms with Gasteiger partial charge in [0, 0.05) is 36.8 Å². The van der Waals surface area contributed by atoms with E-state index in [9.17, 15) is 9.59 Å².